The van der Waals surface area contributed by atoms with Crippen LogP contribution in [0.2, 0.25) is 5.28 Å². The highest BCUT2D eigenvalue weighted by molar-refractivity contribution is 6.28. The number of nitrogens with zero attached hydrogens (tertiary/aromatic N) is 3. The molecule has 1 atom stereocenters. The molecule has 1 saturated heterocycles. The minimum atomic E-state index is -0.138. The standard InChI is InChI=1S/C18H25ClN4O/c1-17(2)10-23(9-13(17)21-15(24)18(3)6-7-18)14-12(11-4-5-11)8-20-16(19)22-14/h8,11,13H,4-7,9-10H2,1-3H3,(H,21,24). The molecule has 1 amide bonds. The zero-order chi connectivity index (χ0) is 17.1. The van der Waals surface area contributed by atoms with Gasteiger partial charge in [-0.05, 0) is 43.2 Å². The van der Waals surface area contributed by atoms with E-state index in [2.05, 4.69) is 41.0 Å². The highest BCUT2D eigenvalue weighted by Crippen LogP contribution is 2.47. The van der Waals surface area contributed by atoms with Crippen molar-refractivity contribution in [1.82, 2.24) is 15.3 Å². The van der Waals surface area contributed by atoms with Crippen molar-refractivity contribution >= 4 is 23.3 Å². The van der Waals surface area contributed by atoms with Crippen LogP contribution in [0.1, 0.15) is 57.9 Å². The number of halogens is 1. The van der Waals surface area contributed by atoms with Crippen LogP contribution in [0.5, 0.6) is 0 Å². The molecular weight excluding hydrogens is 324 g/mol. The van der Waals surface area contributed by atoms with Gasteiger partial charge >= 0.3 is 0 Å². The first-order valence-electron chi connectivity index (χ1n) is 8.87. The van der Waals surface area contributed by atoms with Crippen molar-refractivity contribution < 1.29 is 4.79 Å². The van der Waals surface area contributed by atoms with E-state index in [-0.39, 0.29) is 22.8 Å². The Balaban J connectivity index is 1.56. The average molecular weight is 349 g/mol. The lowest BCUT2D eigenvalue weighted by atomic mass is 9.87. The third-order valence-corrected chi connectivity index (χ3v) is 6.06. The Morgan fingerprint density at radius 3 is 2.67 bits per heavy atom. The number of nitrogens with one attached hydrogen (secondary N) is 1. The largest absolute Gasteiger partial charge is 0.354 e. The molecule has 6 heteroatoms. The molecule has 2 aliphatic carbocycles. The van der Waals surface area contributed by atoms with Gasteiger partial charge in [0.15, 0.2) is 0 Å². The van der Waals surface area contributed by atoms with E-state index in [1.54, 1.807) is 0 Å². The molecule has 3 fully saturated rings. The second-order valence-corrected chi connectivity index (χ2v) is 8.99. The van der Waals surface area contributed by atoms with E-state index >= 15 is 0 Å². The molecule has 0 radical (unpaired) electrons. The van der Waals surface area contributed by atoms with Gasteiger partial charge in [0.1, 0.15) is 5.82 Å². The fraction of sp³-hybridized carbons (Fsp3) is 0.722. The first-order valence-corrected chi connectivity index (χ1v) is 9.25. The molecule has 2 heterocycles. The lowest BCUT2D eigenvalue weighted by molar-refractivity contribution is -0.126. The Labute approximate surface area is 148 Å². The van der Waals surface area contributed by atoms with Gasteiger partial charge in [0.05, 0.1) is 6.04 Å². The van der Waals surface area contributed by atoms with Crippen LogP contribution < -0.4 is 10.2 Å². The number of aromatic nitrogens is 2. The van der Waals surface area contributed by atoms with Gasteiger partial charge in [0.2, 0.25) is 11.2 Å². The summed E-state index contributed by atoms with van der Waals surface area (Å²) >= 11 is 6.06. The molecule has 130 valence electrons. The summed E-state index contributed by atoms with van der Waals surface area (Å²) in [6, 6.07) is 0.128. The third kappa shape index (κ3) is 2.87. The molecule has 0 bridgehead atoms. The fourth-order valence-corrected chi connectivity index (χ4v) is 3.71. The SMILES string of the molecule is CC1(C(=O)NC2CN(c3nc(Cl)ncc3C3CC3)CC2(C)C)CC1. The maximum atomic E-state index is 12.5. The van der Waals surface area contributed by atoms with Crippen molar-refractivity contribution in [3.63, 3.8) is 0 Å². The summed E-state index contributed by atoms with van der Waals surface area (Å²) in [5, 5.41) is 3.59. The molecule has 1 N–H and O–H groups in total. The number of hydrogen-bond acceptors (Lipinski definition) is 4. The first-order chi connectivity index (χ1) is 11.3. The summed E-state index contributed by atoms with van der Waals surface area (Å²) in [4.78, 5) is 23.5. The Morgan fingerprint density at radius 2 is 2.04 bits per heavy atom. The number of rotatable bonds is 4. The molecule has 1 aromatic heterocycles. The predicted molar refractivity (Wildman–Crippen MR) is 94.3 cm³/mol. The quantitative estimate of drug-likeness (QED) is 0.849. The number of anilines is 1. The van der Waals surface area contributed by atoms with Crippen molar-refractivity contribution in [2.45, 2.75) is 58.4 Å². The van der Waals surface area contributed by atoms with Crippen molar-refractivity contribution in [1.29, 1.82) is 0 Å². The molecule has 5 nitrogen and oxygen atoms in total. The molecule has 1 aliphatic heterocycles. The van der Waals surface area contributed by atoms with E-state index in [4.69, 9.17) is 11.6 Å². The van der Waals surface area contributed by atoms with Crippen LogP contribution in [0.25, 0.3) is 0 Å². The van der Waals surface area contributed by atoms with E-state index in [9.17, 15) is 4.79 Å². The summed E-state index contributed by atoms with van der Waals surface area (Å²) < 4.78 is 0. The van der Waals surface area contributed by atoms with Gasteiger partial charge in [-0.2, -0.15) is 0 Å². The van der Waals surface area contributed by atoms with Crippen molar-refractivity contribution in [2.75, 3.05) is 18.0 Å². The van der Waals surface area contributed by atoms with E-state index in [1.807, 2.05) is 6.20 Å². The predicted octanol–water partition coefficient (Wildman–Crippen LogP) is 3.14. The molecular formula is C18H25ClN4O. The van der Waals surface area contributed by atoms with Gasteiger partial charge in [-0.15, -0.1) is 0 Å². The third-order valence-electron chi connectivity index (χ3n) is 5.88. The molecule has 2 saturated carbocycles. The summed E-state index contributed by atoms with van der Waals surface area (Å²) in [6.45, 7) is 8.13. The van der Waals surface area contributed by atoms with Crippen molar-refractivity contribution in [3.05, 3.63) is 17.0 Å². The van der Waals surface area contributed by atoms with Crippen molar-refractivity contribution in [2.24, 2.45) is 10.8 Å². The molecule has 3 aliphatic rings. The van der Waals surface area contributed by atoms with Gasteiger partial charge in [0, 0.05) is 35.7 Å². The second-order valence-electron chi connectivity index (χ2n) is 8.65. The molecule has 1 aromatic rings. The summed E-state index contributed by atoms with van der Waals surface area (Å²) in [5.74, 6) is 1.73. The summed E-state index contributed by atoms with van der Waals surface area (Å²) in [7, 11) is 0. The molecule has 24 heavy (non-hydrogen) atoms. The van der Waals surface area contributed by atoms with Crippen LogP contribution in [-0.4, -0.2) is 35.0 Å². The smallest absolute Gasteiger partial charge is 0.226 e. The normalized spacial score (nSPS) is 27.2. The summed E-state index contributed by atoms with van der Waals surface area (Å²) in [6.07, 6.45) is 6.29. The Morgan fingerprint density at radius 1 is 1.33 bits per heavy atom. The molecule has 4 rings (SSSR count). The summed E-state index contributed by atoms with van der Waals surface area (Å²) in [5.41, 5.74) is 1.07. The minimum Gasteiger partial charge on any atom is -0.354 e. The average Bonchev–Trinajstić information content (AvgIpc) is 3.42. The van der Waals surface area contributed by atoms with Crippen LogP contribution in [0.4, 0.5) is 5.82 Å². The van der Waals surface area contributed by atoms with Gasteiger partial charge < -0.3 is 10.2 Å². The van der Waals surface area contributed by atoms with Crippen LogP contribution >= 0.6 is 11.6 Å². The van der Waals surface area contributed by atoms with E-state index < -0.39 is 0 Å². The second kappa shape index (κ2) is 5.32. The number of hydrogen-bond donors (Lipinski definition) is 1. The number of carbonyl (C=O) groups excluding carboxylic acids is 1. The highest BCUT2D eigenvalue weighted by atomic mass is 35.5. The Bertz CT molecular complexity index is 682. The number of amides is 1. The lowest BCUT2D eigenvalue weighted by Gasteiger charge is -2.27. The molecule has 0 aromatic carbocycles. The highest BCUT2D eigenvalue weighted by Gasteiger charge is 2.48. The van der Waals surface area contributed by atoms with Gasteiger partial charge in [-0.25, -0.2) is 9.97 Å². The van der Waals surface area contributed by atoms with Crippen molar-refractivity contribution in [3.8, 4) is 0 Å². The molecule has 1 unspecified atom stereocenters. The topological polar surface area (TPSA) is 58.1 Å². The Hall–Kier alpha value is -1.36. The Kier molecular flexibility index (Phi) is 3.57. The zero-order valence-corrected chi connectivity index (χ0v) is 15.4. The lowest BCUT2D eigenvalue weighted by Crippen LogP contribution is -2.46. The fourth-order valence-electron chi connectivity index (χ4n) is 3.58. The van der Waals surface area contributed by atoms with E-state index in [0.717, 1.165) is 31.7 Å². The van der Waals surface area contributed by atoms with Crippen LogP contribution in [0.3, 0.4) is 0 Å². The maximum Gasteiger partial charge on any atom is 0.226 e. The first kappa shape index (κ1) is 16.1. The van der Waals surface area contributed by atoms with Crippen LogP contribution in [0, 0.1) is 10.8 Å². The number of carbonyl (C=O) groups is 1. The monoisotopic (exact) mass is 348 g/mol. The van der Waals surface area contributed by atoms with Crippen LogP contribution in [-0.2, 0) is 4.79 Å². The van der Waals surface area contributed by atoms with Crippen LogP contribution in [0.15, 0.2) is 6.20 Å². The van der Waals surface area contributed by atoms with Gasteiger partial charge in [-0.3, -0.25) is 4.79 Å². The maximum absolute atomic E-state index is 12.5. The minimum absolute atomic E-state index is 0.000836. The van der Waals surface area contributed by atoms with E-state index in [1.165, 1.54) is 18.4 Å². The van der Waals surface area contributed by atoms with Gasteiger partial charge in [-0.1, -0.05) is 20.8 Å². The van der Waals surface area contributed by atoms with E-state index in [0.29, 0.717) is 11.2 Å². The molecule has 0 spiro atoms. The van der Waals surface area contributed by atoms with Gasteiger partial charge in [0.25, 0.3) is 0 Å². The zero-order valence-electron chi connectivity index (χ0n) is 14.6.